The number of hydrogen-bond donors (Lipinski definition) is 0. The molecule has 4 nitrogen and oxygen atoms in total. The number of hydrogen-bond acceptors (Lipinski definition) is 5. The summed E-state index contributed by atoms with van der Waals surface area (Å²) in [5.41, 5.74) is 1.45. The highest BCUT2D eigenvalue weighted by atomic mass is 79.9. The van der Waals surface area contributed by atoms with Gasteiger partial charge in [-0.25, -0.2) is 5.06 Å². The Morgan fingerprint density at radius 2 is 1.86 bits per heavy atom. The van der Waals surface area contributed by atoms with Gasteiger partial charge in [0.05, 0.1) is 22.0 Å². The molecular weight excluding hydrogens is 386 g/mol. The molecule has 1 heterocycles. The molecule has 1 aliphatic heterocycles. The van der Waals surface area contributed by atoms with E-state index in [-0.39, 0.29) is 5.75 Å². The molecule has 3 rings (SSSR count). The number of rotatable bonds is 4. The van der Waals surface area contributed by atoms with Crippen LogP contribution in [0, 0.1) is 0 Å². The molecule has 0 amide bonds. The number of benzene rings is 2. The Balaban J connectivity index is 2.11. The molecule has 0 saturated heterocycles. The molecule has 0 aliphatic carbocycles. The van der Waals surface area contributed by atoms with Crippen LogP contribution in [-0.4, -0.2) is 14.2 Å². The molecular formula is C15H14BrNO3S2. The van der Waals surface area contributed by atoms with Gasteiger partial charge >= 0.3 is 0 Å². The minimum Gasteiger partial charge on any atom is -0.202 e. The van der Waals surface area contributed by atoms with Crippen molar-refractivity contribution in [3.05, 3.63) is 46.9 Å². The van der Waals surface area contributed by atoms with Gasteiger partial charge in [0.2, 0.25) is 0 Å². The van der Waals surface area contributed by atoms with Crippen LogP contribution in [-0.2, 0) is 14.4 Å². The maximum atomic E-state index is 12.1. The first-order valence-electron chi connectivity index (χ1n) is 6.79. The number of nitrogens with zero attached hydrogens (tertiary/aromatic N) is 1. The molecule has 0 atom stereocenters. The third-order valence-corrected chi connectivity index (χ3v) is 6.51. The Morgan fingerprint density at radius 1 is 1.14 bits per heavy atom. The summed E-state index contributed by atoms with van der Waals surface area (Å²) in [4.78, 5) is 1.89. The maximum Gasteiger partial charge on any atom is 0.288 e. The first kappa shape index (κ1) is 15.9. The lowest BCUT2D eigenvalue weighted by Crippen LogP contribution is -2.26. The first-order chi connectivity index (χ1) is 10.5. The van der Waals surface area contributed by atoms with Crippen LogP contribution in [0.15, 0.2) is 56.7 Å². The van der Waals surface area contributed by atoms with E-state index in [4.69, 9.17) is 4.28 Å². The van der Waals surface area contributed by atoms with E-state index in [0.717, 1.165) is 25.6 Å². The number of anilines is 2. The van der Waals surface area contributed by atoms with Crippen molar-refractivity contribution in [2.24, 2.45) is 0 Å². The third-order valence-electron chi connectivity index (χ3n) is 3.10. The Kier molecular flexibility index (Phi) is 4.49. The lowest BCUT2D eigenvalue weighted by molar-refractivity contribution is 0.319. The number of halogens is 1. The van der Waals surface area contributed by atoms with Gasteiger partial charge in [-0.05, 0) is 46.6 Å². The van der Waals surface area contributed by atoms with Crippen LogP contribution in [0.5, 0.6) is 0 Å². The Morgan fingerprint density at radius 3 is 2.64 bits per heavy atom. The number of para-hydroxylation sites is 1. The number of fused-ring (bicyclic) bond motifs is 2. The van der Waals surface area contributed by atoms with Crippen molar-refractivity contribution < 1.29 is 12.7 Å². The van der Waals surface area contributed by atoms with Gasteiger partial charge < -0.3 is 0 Å². The van der Waals surface area contributed by atoms with E-state index >= 15 is 0 Å². The van der Waals surface area contributed by atoms with Gasteiger partial charge in [-0.15, -0.1) is 4.28 Å². The monoisotopic (exact) mass is 399 g/mol. The molecule has 0 saturated carbocycles. The fraction of sp³-hybridized carbons (Fsp3) is 0.200. The van der Waals surface area contributed by atoms with Gasteiger partial charge in [-0.1, -0.05) is 36.9 Å². The first-order valence-corrected chi connectivity index (χ1v) is 9.98. The topological polar surface area (TPSA) is 46.6 Å². The van der Waals surface area contributed by atoms with Crippen molar-refractivity contribution in [1.82, 2.24) is 0 Å². The Labute approximate surface area is 142 Å². The molecule has 7 heteroatoms. The summed E-state index contributed by atoms with van der Waals surface area (Å²) < 4.78 is 30.5. The predicted molar refractivity (Wildman–Crippen MR) is 92.0 cm³/mol. The molecule has 1 aliphatic rings. The summed E-state index contributed by atoms with van der Waals surface area (Å²) >= 11 is 5.11. The summed E-state index contributed by atoms with van der Waals surface area (Å²) in [5.74, 6) is -0.0118. The van der Waals surface area contributed by atoms with Crippen LogP contribution in [0.1, 0.15) is 13.3 Å². The van der Waals surface area contributed by atoms with E-state index in [1.165, 1.54) is 5.06 Å². The van der Waals surface area contributed by atoms with Gasteiger partial charge in [0.25, 0.3) is 10.1 Å². The molecule has 0 radical (unpaired) electrons. The minimum absolute atomic E-state index is 0.0118. The second-order valence-electron chi connectivity index (χ2n) is 4.79. The Bertz CT molecular complexity index is 808. The quantitative estimate of drug-likeness (QED) is 0.743. The van der Waals surface area contributed by atoms with Gasteiger partial charge in [0.15, 0.2) is 0 Å². The summed E-state index contributed by atoms with van der Waals surface area (Å²) in [5, 5.41) is 1.41. The van der Waals surface area contributed by atoms with Crippen LogP contribution in [0.4, 0.5) is 11.4 Å². The molecule has 0 spiro atoms. The van der Waals surface area contributed by atoms with Gasteiger partial charge in [-0.3, -0.25) is 0 Å². The lowest BCUT2D eigenvalue weighted by atomic mass is 10.2. The second-order valence-corrected chi connectivity index (χ2v) is 8.37. The van der Waals surface area contributed by atoms with Crippen molar-refractivity contribution in [1.29, 1.82) is 0 Å². The fourth-order valence-corrected chi connectivity index (χ4v) is 4.79. The zero-order valence-electron chi connectivity index (χ0n) is 11.8. The van der Waals surface area contributed by atoms with Crippen molar-refractivity contribution >= 4 is 49.2 Å². The van der Waals surface area contributed by atoms with Crippen molar-refractivity contribution in [2.75, 3.05) is 10.8 Å². The molecule has 0 bridgehead atoms. The minimum atomic E-state index is -3.63. The highest BCUT2D eigenvalue weighted by Crippen LogP contribution is 2.50. The normalized spacial score (nSPS) is 13.6. The van der Waals surface area contributed by atoms with E-state index < -0.39 is 10.1 Å². The molecule has 0 N–H and O–H groups in total. The molecule has 22 heavy (non-hydrogen) atoms. The largest absolute Gasteiger partial charge is 0.288 e. The van der Waals surface area contributed by atoms with E-state index in [1.807, 2.05) is 49.4 Å². The van der Waals surface area contributed by atoms with Crippen molar-refractivity contribution in [3.63, 3.8) is 0 Å². The van der Waals surface area contributed by atoms with Crippen LogP contribution in [0.3, 0.4) is 0 Å². The molecule has 2 aromatic rings. The van der Waals surface area contributed by atoms with Crippen molar-refractivity contribution in [3.8, 4) is 0 Å². The van der Waals surface area contributed by atoms with Gasteiger partial charge in [0.1, 0.15) is 0 Å². The maximum absolute atomic E-state index is 12.1. The zero-order chi connectivity index (χ0) is 15.7. The highest BCUT2D eigenvalue weighted by molar-refractivity contribution is 9.10. The van der Waals surface area contributed by atoms with Crippen LogP contribution < -0.4 is 5.06 Å². The third kappa shape index (κ3) is 3.03. The zero-order valence-corrected chi connectivity index (χ0v) is 15.0. The van der Waals surface area contributed by atoms with Crippen molar-refractivity contribution in [2.45, 2.75) is 23.1 Å². The average Bonchev–Trinajstić information content (AvgIpc) is 2.48. The molecule has 116 valence electrons. The summed E-state index contributed by atoms with van der Waals surface area (Å²) in [7, 11) is -3.63. The molecule has 0 unspecified atom stereocenters. The summed E-state index contributed by atoms with van der Waals surface area (Å²) in [6.07, 6.45) is 0.512. The van der Waals surface area contributed by atoms with E-state index in [9.17, 15) is 8.42 Å². The second kappa shape index (κ2) is 6.23. The van der Waals surface area contributed by atoms with Crippen LogP contribution in [0.25, 0.3) is 0 Å². The fourth-order valence-electron chi connectivity index (χ4n) is 2.19. The SMILES string of the molecule is CCCS(=O)(=O)ON1c2ccccc2Sc2c(Br)cccc21. The van der Waals surface area contributed by atoms with Crippen LogP contribution in [0.2, 0.25) is 0 Å². The average molecular weight is 400 g/mol. The predicted octanol–water partition coefficient (Wildman–Crippen LogP) is 4.72. The molecule has 0 fully saturated rings. The van der Waals surface area contributed by atoms with Gasteiger partial charge in [-0.2, -0.15) is 8.42 Å². The van der Waals surface area contributed by atoms with Gasteiger partial charge in [0, 0.05) is 9.37 Å². The standard InChI is InChI=1S/C15H14BrNO3S2/c1-2-10-22(18,19)20-17-12-7-3-4-9-14(12)21-15-11(16)6-5-8-13(15)17/h3-9H,2,10H2,1H3. The summed E-state index contributed by atoms with van der Waals surface area (Å²) in [6.45, 7) is 1.81. The smallest absolute Gasteiger partial charge is 0.202 e. The van der Waals surface area contributed by atoms with E-state index in [2.05, 4.69) is 15.9 Å². The van der Waals surface area contributed by atoms with E-state index in [1.54, 1.807) is 11.8 Å². The highest BCUT2D eigenvalue weighted by Gasteiger charge is 2.29. The van der Waals surface area contributed by atoms with E-state index in [0.29, 0.717) is 6.42 Å². The lowest BCUT2D eigenvalue weighted by Gasteiger charge is -2.31. The Hall–Kier alpha value is -1.02. The molecule has 0 aromatic heterocycles. The summed E-state index contributed by atoms with van der Waals surface area (Å²) in [6, 6.07) is 13.2. The van der Waals surface area contributed by atoms with Crippen LogP contribution >= 0.6 is 27.7 Å². The molecule has 2 aromatic carbocycles.